The summed E-state index contributed by atoms with van der Waals surface area (Å²) in [6, 6.07) is 7.52. The Hall–Kier alpha value is -2.57. The van der Waals surface area contributed by atoms with Crippen LogP contribution < -0.4 is 10.1 Å². The zero-order valence-corrected chi connectivity index (χ0v) is 11.6. The molecule has 7 nitrogen and oxygen atoms in total. The molecule has 1 N–H and O–H groups in total. The maximum Gasteiger partial charge on any atom is 0.333 e. The third kappa shape index (κ3) is 2.56. The second-order valence-corrected chi connectivity index (χ2v) is 4.33. The fourth-order valence-corrected chi connectivity index (χ4v) is 2.09. The Kier molecular flexibility index (Phi) is 3.88. The highest BCUT2D eigenvalue weighted by Gasteiger charge is 2.23. The molecule has 1 heterocycles. The monoisotopic (exact) mass is 276 g/mol. The van der Waals surface area contributed by atoms with Crippen molar-refractivity contribution in [1.29, 1.82) is 0 Å². The van der Waals surface area contributed by atoms with Crippen molar-refractivity contribution in [2.75, 3.05) is 12.4 Å². The Morgan fingerprint density at radius 1 is 1.45 bits per heavy atom. The van der Waals surface area contributed by atoms with Gasteiger partial charge < -0.3 is 10.1 Å². The van der Waals surface area contributed by atoms with Gasteiger partial charge in [-0.2, -0.15) is 5.10 Å². The van der Waals surface area contributed by atoms with Crippen LogP contribution in [0.25, 0.3) is 0 Å². The van der Waals surface area contributed by atoms with Crippen LogP contribution in [-0.2, 0) is 13.6 Å². The van der Waals surface area contributed by atoms with Crippen molar-refractivity contribution in [1.82, 2.24) is 9.78 Å². The van der Waals surface area contributed by atoms with E-state index >= 15 is 0 Å². The summed E-state index contributed by atoms with van der Waals surface area (Å²) in [5.74, 6) is 1.12. The van der Waals surface area contributed by atoms with Crippen molar-refractivity contribution < 1.29 is 9.66 Å². The molecule has 0 saturated heterocycles. The number of aromatic nitrogens is 2. The number of hydrogen-bond acceptors (Lipinski definition) is 5. The number of ether oxygens (including phenoxy) is 1. The van der Waals surface area contributed by atoms with Crippen LogP contribution in [0, 0.1) is 17.0 Å². The molecule has 0 fully saturated rings. The van der Waals surface area contributed by atoms with Crippen LogP contribution in [0.5, 0.6) is 5.75 Å². The van der Waals surface area contributed by atoms with Crippen molar-refractivity contribution in [3.05, 3.63) is 45.6 Å². The third-order valence-electron chi connectivity index (χ3n) is 3.01. The number of aryl methyl sites for hydroxylation is 2. The SMILES string of the molecule is COc1ccccc1CNc1c([N+](=O)[O-])c(C)nn1C. The summed E-state index contributed by atoms with van der Waals surface area (Å²) in [6.45, 7) is 2.04. The van der Waals surface area contributed by atoms with Crippen molar-refractivity contribution in [3.63, 3.8) is 0 Å². The van der Waals surface area contributed by atoms with Crippen LogP contribution in [0.1, 0.15) is 11.3 Å². The molecule has 7 heteroatoms. The molecule has 0 amide bonds. The van der Waals surface area contributed by atoms with Gasteiger partial charge in [0, 0.05) is 19.2 Å². The van der Waals surface area contributed by atoms with Crippen LogP contribution in [0.15, 0.2) is 24.3 Å². The van der Waals surface area contributed by atoms with Gasteiger partial charge in [0.25, 0.3) is 0 Å². The number of nitrogens with zero attached hydrogens (tertiary/aromatic N) is 3. The number of benzene rings is 1. The molecule has 2 aromatic rings. The smallest absolute Gasteiger partial charge is 0.333 e. The largest absolute Gasteiger partial charge is 0.496 e. The Morgan fingerprint density at radius 3 is 2.80 bits per heavy atom. The van der Waals surface area contributed by atoms with E-state index in [-0.39, 0.29) is 5.69 Å². The topological polar surface area (TPSA) is 82.2 Å². The summed E-state index contributed by atoms with van der Waals surface area (Å²) in [5.41, 5.74) is 1.31. The average Bonchev–Trinajstić information content (AvgIpc) is 2.71. The van der Waals surface area contributed by atoms with Crippen LogP contribution >= 0.6 is 0 Å². The van der Waals surface area contributed by atoms with Crippen LogP contribution in [0.4, 0.5) is 11.5 Å². The summed E-state index contributed by atoms with van der Waals surface area (Å²) in [6.07, 6.45) is 0. The average molecular weight is 276 g/mol. The lowest BCUT2D eigenvalue weighted by Crippen LogP contribution is -2.07. The number of nitrogens with one attached hydrogen (secondary N) is 1. The molecule has 1 aromatic heterocycles. The maximum atomic E-state index is 11.1. The Balaban J connectivity index is 2.25. The fourth-order valence-electron chi connectivity index (χ4n) is 2.09. The minimum Gasteiger partial charge on any atom is -0.496 e. The van der Waals surface area contributed by atoms with E-state index in [1.807, 2.05) is 24.3 Å². The fraction of sp³-hybridized carbons (Fsp3) is 0.308. The van der Waals surface area contributed by atoms with Crippen molar-refractivity contribution in [3.8, 4) is 5.75 Å². The van der Waals surface area contributed by atoms with E-state index < -0.39 is 4.92 Å². The summed E-state index contributed by atoms with van der Waals surface area (Å²) in [4.78, 5) is 10.7. The molecule has 0 spiro atoms. The first kappa shape index (κ1) is 13.9. The van der Waals surface area contributed by atoms with Crippen LogP contribution in [0.3, 0.4) is 0 Å². The van der Waals surface area contributed by atoms with Crippen molar-refractivity contribution in [2.45, 2.75) is 13.5 Å². The molecule has 0 bridgehead atoms. The Morgan fingerprint density at radius 2 is 2.15 bits per heavy atom. The van der Waals surface area contributed by atoms with Gasteiger partial charge in [0.15, 0.2) is 0 Å². The number of para-hydroxylation sites is 1. The minimum absolute atomic E-state index is 0.00222. The molecule has 0 aliphatic heterocycles. The second kappa shape index (κ2) is 5.60. The van der Waals surface area contributed by atoms with E-state index in [0.717, 1.165) is 11.3 Å². The van der Waals surface area contributed by atoms with Gasteiger partial charge in [0.05, 0.1) is 12.0 Å². The third-order valence-corrected chi connectivity index (χ3v) is 3.01. The molecule has 20 heavy (non-hydrogen) atoms. The Bertz CT molecular complexity index is 637. The normalized spacial score (nSPS) is 10.3. The first-order valence-corrected chi connectivity index (χ1v) is 6.08. The molecule has 0 atom stereocenters. The second-order valence-electron chi connectivity index (χ2n) is 4.33. The molecule has 2 rings (SSSR count). The van der Waals surface area contributed by atoms with E-state index in [9.17, 15) is 10.1 Å². The minimum atomic E-state index is -0.424. The summed E-state index contributed by atoms with van der Waals surface area (Å²) >= 11 is 0. The zero-order chi connectivity index (χ0) is 14.7. The van der Waals surface area contributed by atoms with Gasteiger partial charge in [-0.05, 0) is 13.0 Å². The van der Waals surface area contributed by atoms with Gasteiger partial charge in [-0.15, -0.1) is 0 Å². The summed E-state index contributed by atoms with van der Waals surface area (Å²) in [7, 11) is 3.26. The van der Waals surface area contributed by atoms with E-state index in [1.165, 1.54) is 4.68 Å². The van der Waals surface area contributed by atoms with E-state index in [2.05, 4.69) is 10.4 Å². The number of nitro groups is 1. The molecular formula is C13H16N4O3. The molecule has 0 radical (unpaired) electrons. The first-order valence-electron chi connectivity index (χ1n) is 6.08. The van der Waals surface area contributed by atoms with E-state index in [0.29, 0.717) is 18.1 Å². The highest BCUT2D eigenvalue weighted by Crippen LogP contribution is 2.28. The van der Waals surface area contributed by atoms with Crippen LogP contribution in [0.2, 0.25) is 0 Å². The predicted molar refractivity (Wildman–Crippen MR) is 74.9 cm³/mol. The van der Waals surface area contributed by atoms with Gasteiger partial charge >= 0.3 is 5.69 Å². The molecule has 0 aliphatic carbocycles. The molecular weight excluding hydrogens is 260 g/mol. The van der Waals surface area contributed by atoms with E-state index in [4.69, 9.17) is 4.74 Å². The summed E-state index contributed by atoms with van der Waals surface area (Å²) in [5, 5.41) is 18.2. The highest BCUT2D eigenvalue weighted by molar-refractivity contribution is 5.59. The highest BCUT2D eigenvalue weighted by atomic mass is 16.6. The van der Waals surface area contributed by atoms with Gasteiger partial charge in [-0.3, -0.25) is 10.1 Å². The maximum absolute atomic E-state index is 11.1. The lowest BCUT2D eigenvalue weighted by molar-refractivity contribution is -0.384. The standard InChI is InChI=1S/C13H16N4O3/c1-9-12(17(18)19)13(16(2)15-9)14-8-10-6-4-5-7-11(10)20-3/h4-7,14H,8H2,1-3H3. The first-order chi connectivity index (χ1) is 9.54. The number of hydrogen-bond donors (Lipinski definition) is 1. The van der Waals surface area contributed by atoms with Crippen molar-refractivity contribution in [2.24, 2.45) is 7.05 Å². The van der Waals surface area contributed by atoms with Gasteiger partial charge in [-0.25, -0.2) is 4.68 Å². The predicted octanol–water partition coefficient (Wildman–Crippen LogP) is 2.26. The molecule has 1 aromatic carbocycles. The van der Waals surface area contributed by atoms with Gasteiger partial charge in [0.1, 0.15) is 11.4 Å². The van der Waals surface area contributed by atoms with Gasteiger partial charge in [-0.1, -0.05) is 18.2 Å². The molecule has 0 saturated carbocycles. The van der Waals surface area contributed by atoms with Crippen molar-refractivity contribution >= 4 is 11.5 Å². The summed E-state index contributed by atoms with van der Waals surface area (Å²) < 4.78 is 6.73. The molecule has 0 aliphatic rings. The molecule has 0 unspecified atom stereocenters. The van der Waals surface area contributed by atoms with Gasteiger partial charge in [0.2, 0.25) is 5.82 Å². The lowest BCUT2D eigenvalue weighted by atomic mass is 10.2. The van der Waals surface area contributed by atoms with E-state index in [1.54, 1.807) is 21.1 Å². The molecule has 106 valence electrons. The zero-order valence-electron chi connectivity index (χ0n) is 11.6. The number of rotatable bonds is 5. The lowest BCUT2D eigenvalue weighted by Gasteiger charge is -2.10. The Labute approximate surface area is 116 Å². The number of anilines is 1. The quantitative estimate of drug-likeness (QED) is 0.669. The number of methoxy groups -OCH3 is 1. The van der Waals surface area contributed by atoms with Crippen LogP contribution in [-0.4, -0.2) is 21.8 Å².